The third-order valence-electron chi connectivity index (χ3n) is 3.86. The van der Waals surface area contributed by atoms with E-state index in [9.17, 15) is 14.9 Å². The Labute approximate surface area is 173 Å². The fourth-order valence-electron chi connectivity index (χ4n) is 2.48. The zero-order valence-electron chi connectivity index (χ0n) is 16.9. The van der Waals surface area contributed by atoms with Gasteiger partial charge >= 0.3 is 5.97 Å². The van der Waals surface area contributed by atoms with Gasteiger partial charge in [-0.05, 0) is 50.1 Å². The second-order valence-electron chi connectivity index (χ2n) is 6.26. The monoisotopic (exact) mass is 414 g/mol. The van der Waals surface area contributed by atoms with Gasteiger partial charge < -0.3 is 19.5 Å². The van der Waals surface area contributed by atoms with Crippen molar-refractivity contribution < 1.29 is 23.8 Å². The van der Waals surface area contributed by atoms with Crippen LogP contribution in [-0.4, -0.2) is 32.2 Å². The maximum Gasteiger partial charge on any atom is 0.348 e. The lowest BCUT2D eigenvalue weighted by Crippen LogP contribution is -2.11. The average Bonchev–Trinajstić information content (AvgIpc) is 3.00. The fraction of sp³-hybridized carbons (Fsp3) is 0.286. The molecule has 29 heavy (non-hydrogen) atoms. The molecule has 0 aliphatic rings. The molecule has 0 spiro atoms. The van der Waals surface area contributed by atoms with Crippen LogP contribution in [0.2, 0.25) is 0 Å². The minimum atomic E-state index is -0.514. The van der Waals surface area contributed by atoms with Gasteiger partial charge in [-0.25, -0.2) is 4.79 Å². The molecule has 2 aromatic rings. The number of hydrogen-bond acceptors (Lipinski definition) is 7. The van der Waals surface area contributed by atoms with E-state index in [1.807, 2.05) is 6.07 Å². The number of thiophene rings is 1. The van der Waals surface area contributed by atoms with Crippen LogP contribution in [0, 0.1) is 18.3 Å². The van der Waals surface area contributed by atoms with E-state index in [2.05, 4.69) is 5.32 Å². The number of carbonyl (C=O) groups excluding carboxylic acids is 2. The highest BCUT2D eigenvalue weighted by Gasteiger charge is 2.22. The van der Waals surface area contributed by atoms with Crippen molar-refractivity contribution in [2.45, 2.75) is 26.9 Å². The largest absolute Gasteiger partial charge is 0.493 e. The number of benzene rings is 1. The number of esters is 1. The molecular weight excluding hydrogens is 392 g/mol. The van der Waals surface area contributed by atoms with Crippen molar-refractivity contribution in [2.24, 2.45) is 0 Å². The molecule has 0 radical (unpaired) electrons. The van der Waals surface area contributed by atoms with Gasteiger partial charge in [-0.3, -0.25) is 4.79 Å². The predicted octanol–water partition coefficient (Wildman–Crippen LogP) is 4.16. The average molecular weight is 414 g/mol. The molecule has 2 rings (SSSR count). The highest BCUT2D eigenvalue weighted by Crippen LogP contribution is 2.33. The maximum atomic E-state index is 12.3. The van der Waals surface area contributed by atoms with Gasteiger partial charge in [0.05, 0.1) is 25.9 Å². The van der Waals surface area contributed by atoms with E-state index < -0.39 is 11.9 Å². The minimum Gasteiger partial charge on any atom is -0.493 e. The van der Waals surface area contributed by atoms with E-state index in [0.717, 1.165) is 16.9 Å². The van der Waals surface area contributed by atoms with Gasteiger partial charge in [0.2, 0.25) is 5.91 Å². The standard InChI is InChI=1S/C21H22N2O5S/c1-12(2)28-21(25)19-13(3)15(11-22)20(29-19)23-18(24)9-7-14-6-8-16(26-4)17(10-14)27-5/h6-10,12H,1-5H3,(H,23,24)/b9-7+. The lowest BCUT2D eigenvalue weighted by atomic mass is 10.1. The molecular formula is C21H22N2O5S. The van der Waals surface area contributed by atoms with E-state index in [-0.39, 0.29) is 11.7 Å². The van der Waals surface area contributed by atoms with E-state index in [0.29, 0.717) is 26.9 Å². The number of methoxy groups -OCH3 is 2. The molecule has 0 aliphatic heterocycles. The second-order valence-corrected chi connectivity index (χ2v) is 7.28. The summed E-state index contributed by atoms with van der Waals surface area (Å²) in [5.74, 6) is 0.188. The second kappa shape index (κ2) is 9.75. The summed E-state index contributed by atoms with van der Waals surface area (Å²) in [5, 5.41) is 12.4. The van der Waals surface area contributed by atoms with Crippen molar-refractivity contribution in [3.8, 4) is 17.6 Å². The molecule has 7 nitrogen and oxygen atoms in total. The van der Waals surface area contributed by atoms with Gasteiger partial charge in [-0.2, -0.15) is 5.26 Å². The van der Waals surface area contributed by atoms with Gasteiger partial charge in [0.15, 0.2) is 11.5 Å². The summed E-state index contributed by atoms with van der Waals surface area (Å²) in [6.07, 6.45) is 2.67. The van der Waals surface area contributed by atoms with Crippen molar-refractivity contribution in [1.29, 1.82) is 5.26 Å². The zero-order chi connectivity index (χ0) is 21.6. The van der Waals surface area contributed by atoms with Crippen LogP contribution >= 0.6 is 11.3 Å². The van der Waals surface area contributed by atoms with Crippen molar-refractivity contribution in [2.75, 3.05) is 19.5 Å². The SMILES string of the molecule is COc1ccc(/C=C/C(=O)Nc2sc(C(=O)OC(C)C)c(C)c2C#N)cc1OC. The molecule has 0 aliphatic carbocycles. The van der Waals surface area contributed by atoms with Gasteiger partial charge in [0.1, 0.15) is 15.9 Å². The number of nitrogens with zero attached hydrogens (tertiary/aromatic N) is 1. The third-order valence-corrected chi connectivity index (χ3v) is 5.05. The first-order valence-electron chi connectivity index (χ1n) is 8.76. The van der Waals surface area contributed by atoms with Crippen LogP contribution in [0.4, 0.5) is 5.00 Å². The summed E-state index contributed by atoms with van der Waals surface area (Å²) in [6, 6.07) is 7.28. The third kappa shape index (κ3) is 5.36. The predicted molar refractivity (Wildman–Crippen MR) is 112 cm³/mol. The Balaban J connectivity index is 2.19. The highest BCUT2D eigenvalue weighted by atomic mass is 32.1. The summed E-state index contributed by atoms with van der Waals surface area (Å²) in [5.41, 5.74) is 1.47. The lowest BCUT2D eigenvalue weighted by Gasteiger charge is -2.07. The van der Waals surface area contributed by atoms with Gasteiger partial charge in [-0.15, -0.1) is 11.3 Å². The molecule has 0 saturated carbocycles. The Kier molecular flexibility index (Phi) is 7.39. The number of carbonyl (C=O) groups is 2. The summed E-state index contributed by atoms with van der Waals surface area (Å²) in [6.45, 7) is 5.14. The molecule has 1 aromatic heterocycles. The summed E-state index contributed by atoms with van der Waals surface area (Å²) < 4.78 is 15.6. The van der Waals surface area contributed by atoms with Crippen molar-refractivity contribution in [1.82, 2.24) is 0 Å². The molecule has 0 atom stereocenters. The molecule has 0 saturated heterocycles. The molecule has 152 valence electrons. The summed E-state index contributed by atoms with van der Waals surface area (Å²) >= 11 is 1.02. The van der Waals surface area contributed by atoms with Gasteiger partial charge in [0, 0.05) is 6.08 Å². The number of hydrogen-bond donors (Lipinski definition) is 1. The molecule has 1 N–H and O–H groups in total. The fourth-order valence-corrected chi connectivity index (χ4v) is 3.52. The minimum absolute atomic E-state index is 0.249. The molecule has 8 heteroatoms. The Hall–Kier alpha value is -3.31. The normalized spacial score (nSPS) is 10.7. The van der Waals surface area contributed by atoms with E-state index >= 15 is 0 Å². The van der Waals surface area contributed by atoms with Crippen molar-refractivity contribution >= 4 is 34.3 Å². The van der Waals surface area contributed by atoms with Crippen LogP contribution < -0.4 is 14.8 Å². The van der Waals surface area contributed by atoms with Gasteiger partial charge in [0.25, 0.3) is 0 Å². The van der Waals surface area contributed by atoms with E-state index in [1.165, 1.54) is 13.2 Å². The van der Waals surface area contributed by atoms with Crippen LogP contribution in [-0.2, 0) is 9.53 Å². The summed E-state index contributed by atoms with van der Waals surface area (Å²) in [4.78, 5) is 24.8. The first kappa shape index (κ1) is 22.0. The molecule has 1 aromatic carbocycles. The Bertz CT molecular complexity index is 986. The smallest absolute Gasteiger partial charge is 0.348 e. The van der Waals surface area contributed by atoms with Crippen LogP contribution in [0.3, 0.4) is 0 Å². The zero-order valence-corrected chi connectivity index (χ0v) is 17.7. The molecule has 0 unspecified atom stereocenters. The summed E-state index contributed by atoms with van der Waals surface area (Å²) in [7, 11) is 3.07. The number of nitriles is 1. The number of rotatable bonds is 7. The van der Waals surface area contributed by atoms with Crippen LogP contribution in [0.5, 0.6) is 11.5 Å². The van der Waals surface area contributed by atoms with Crippen LogP contribution in [0.25, 0.3) is 6.08 Å². The van der Waals surface area contributed by atoms with Gasteiger partial charge in [-0.1, -0.05) is 6.07 Å². The Morgan fingerprint density at radius 3 is 2.48 bits per heavy atom. The first-order valence-corrected chi connectivity index (χ1v) is 9.57. The quantitative estimate of drug-likeness (QED) is 0.540. The lowest BCUT2D eigenvalue weighted by molar-refractivity contribution is -0.111. The number of amides is 1. The van der Waals surface area contributed by atoms with Crippen molar-refractivity contribution in [3.05, 3.63) is 45.8 Å². The van der Waals surface area contributed by atoms with Crippen LogP contribution in [0.15, 0.2) is 24.3 Å². The molecule has 1 amide bonds. The Morgan fingerprint density at radius 2 is 1.90 bits per heavy atom. The maximum absolute atomic E-state index is 12.3. The number of nitrogens with one attached hydrogen (secondary N) is 1. The highest BCUT2D eigenvalue weighted by molar-refractivity contribution is 7.18. The number of anilines is 1. The number of ether oxygens (including phenoxy) is 3. The first-order chi connectivity index (χ1) is 13.8. The van der Waals surface area contributed by atoms with E-state index in [1.54, 1.807) is 52.2 Å². The topological polar surface area (TPSA) is 97.6 Å². The Morgan fingerprint density at radius 1 is 1.21 bits per heavy atom. The van der Waals surface area contributed by atoms with Crippen molar-refractivity contribution in [3.63, 3.8) is 0 Å². The molecule has 0 fully saturated rings. The van der Waals surface area contributed by atoms with E-state index in [4.69, 9.17) is 14.2 Å². The molecule has 1 heterocycles. The molecule has 0 bridgehead atoms. The van der Waals surface area contributed by atoms with Crippen LogP contribution in [0.1, 0.15) is 40.2 Å².